The monoisotopic (exact) mass is 256 g/mol. The molecule has 18 heavy (non-hydrogen) atoms. The van der Waals surface area contributed by atoms with Crippen molar-refractivity contribution in [2.45, 2.75) is 71.0 Å². The van der Waals surface area contributed by atoms with Gasteiger partial charge in [0.25, 0.3) is 0 Å². The van der Waals surface area contributed by atoms with E-state index in [4.69, 9.17) is 4.74 Å². The van der Waals surface area contributed by atoms with E-state index in [1.54, 1.807) is 0 Å². The van der Waals surface area contributed by atoms with E-state index in [1.807, 2.05) is 13.8 Å². The molecule has 0 aliphatic carbocycles. The maximum Gasteiger partial charge on any atom is 0.240 e. The SMILES string of the molecule is CCCC(C)NC1(C(=O)NC(C)C)CCOCC1. The number of rotatable bonds is 6. The summed E-state index contributed by atoms with van der Waals surface area (Å²) in [5.41, 5.74) is -0.433. The van der Waals surface area contributed by atoms with Crippen molar-refractivity contribution in [1.82, 2.24) is 10.6 Å². The van der Waals surface area contributed by atoms with Crippen molar-refractivity contribution < 1.29 is 9.53 Å². The minimum Gasteiger partial charge on any atom is -0.381 e. The van der Waals surface area contributed by atoms with Gasteiger partial charge < -0.3 is 15.4 Å². The topological polar surface area (TPSA) is 50.4 Å². The van der Waals surface area contributed by atoms with Crippen molar-refractivity contribution in [2.24, 2.45) is 0 Å². The van der Waals surface area contributed by atoms with Crippen molar-refractivity contribution >= 4 is 5.91 Å². The fourth-order valence-corrected chi connectivity index (χ4v) is 2.53. The molecule has 0 aromatic heterocycles. The van der Waals surface area contributed by atoms with Crippen LogP contribution in [0.1, 0.15) is 53.4 Å². The van der Waals surface area contributed by atoms with E-state index in [9.17, 15) is 4.79 Å². The quantitative estimate of drug-likeness (QED) is 0.762. The molecule has 0 aromatic carbocycles. The Morgan fingerprint density at radius 2 is 1.89 bits per heavy atom. The minimum atomic E-state index is -0.433. The molecule has 2 N–H and O–H groups in total. The van der Waals surface area contributed by atoms with E-state index in [0.717, 1.165) is 25.7 Å². The Labute approximate surface area is 111 Å². The minimum absolute atomic E-state index is 0.128. The zero-order valence-electron chi connectivity index (χ0n) is 12.2. The van der Waals surface area contributed by atoms with E-state index in [2.05, 4.69) is 24.5 Å². The predicted octanol–water partition coefficient (Wildman–Crippen LogP) is 1.84. The summed E-state index contributed by atoms with van der Waals surface area (Å²) < 4.78 is 5.40. The first kappa shape index (κ1) is 15.4. The second-order valence-corrected chi connectivity index (χ2v) is 5.66. The van der Waals surface area contributed by atoms with Gasteiger partial charge in [-0.05, 0) is 40.0 Å². The molecule has 1 fully saturated rings. The first-order chi connectivity index (χ1) is 8.50. The molecule has 1 aliphatic rings. The summed E-state index contributed by atoms with van der Waals surface area (Å²) in [5.74, 6) is 0.128. The van der Waals surface area contributed by atoms with Crippen LogP contribution in [0.3, 0.4) is 0 Å². The van der Waals surface area contributed by atoms with Crippen LogP contribution in [0.2, 0.25) is 0 Å². The van der Waals surface area contributed by atoms with E-state index in [1.165, 1.54) is 0 Å². The van der Waals surface area contributed by atoms with E-state index < -0.39 is 5.54 Å². The van der Waals surface area contributed by atoms with Crippen LogP contribution < -0.4 is 10.6 Å². The number of hydrogen-bond acceptors (Lipinski definition) is 3. The Balaban J connectivity index is 2.71. The third-order valence-electron chi connectivity index (χ3n) is 3.45. The van der Waals surface area contributed by atoms with Gasteiger partial charge in [-0.15, -0.1) is 0 Å². The molecule has 0 spiro atoms. The normalized spacial score (nSPS) is 20.7. The third-order valence-corrected chi connectivity index (χ3v) is 3.45. The highest BCUT2D eigenvalue weighted by Gasteiger charge is 2.40. The first-order valence-electron chi connectivity index (χ1n) is 7.16. The van der Waals surface area contributed by atoms with Gasteiger partial charge in [-0.25, -0.2) is 0 Å². The Kier molecular flexibility index (Phi) is 6.09. The van der Waals surface area contributed by atoms with Gasteiger partial charge in [0.05, 0.1) is 0 Å². The van der Waals surface area contributed by atoms with Gasteiger partial charge in [0.2, 0.25) is 5.91 Å². The highest BCUT2D eigenvalue weighted by atomic mass is 16.5. The van der Waals surface area contributed by atoms with Crippen molar-refractivity contribution in [3.8, 4) is 0 Å². The Hall–Kier alpha value is -0.610. The second-order valence-electron chi connectivity index (χ2n) is 5.66. The third kappa shape index (κ3) is 4.25. The van der Waals surface area contributed by atoms with Gasteiger partial charge >= 0.3 is 0 Å². The fraction of sp³-hybridized carbons (Fsp3) is 0.929. The number of nitrogens with one attached hydrogen (secondary N) is 2. The largest absolute Gasteiger partial charge is 0.381 e. The van der Waals surface area contributed by atoms with Gasteiger partial charge in [-0.1, -0.05) is 13.3 Å². The van der Waals surface area contributed by atoms with E-state index in [0.29, 0.717) is 19.3 Å². The van der Waals surface area contributed by atoms with Crippen LogP contribution in [-0.4, -0.2) is 36.7 Å². The van der Waals surface area contributed by atoms with Crippen LogP contribution in [0.5, 0.6) is 0 Å². The molecule has 0 bridgehead atoms. The average Bonchev–Trinajstić information content (AvgIpc) is 2.29. The molecule has 4 heteroatoms. The maximum absolute atomic E-state index is 12.4. The Morgan fingerprint density at radius 1 is 1.28 bits per heavy atom. The lowest BCUT2D eigenvalue weighted by Crippen LogP contribution is -2.62. The number of hydrogen-bond donors (Lipinski definition) is 2. The summed E-state index contributed by atoms with van der Waals surface area (Å²) in [6, 6.07) is 0.548. The Morgan fingerprint density at radius 3 is 2.39 bits per heavy atom. The number of carbonyl (C=O) groups excluding carboxylic acids is 1. The van der Waals surface area contributed by atoms with Gasteiger partial charge in [0, 0.05) is 25.3 Å². The molecular weight excluding hydrogens is 228 g/mol. The average molecular weight is 256 g/mol. The van der Waals surface area contributed by atoms with Crippen molar-refractivity contribution in [3.05, 3.63) is 0 Å². The van der Waals surface area contributed by atoms with Crippen molar-refractivity contribution in [3.63, 3.8) is 0 Å². The molecule has 0 aromatic rings. The molecule has 1 rings (SSSR count). The second kappa shape index (κ2) is 7.10. The van der Waals surface area contributed by atoms with Crippen LogP contribution in [0.15, 0.2) is 0 Å². The van der Waals surface area contributed by atoms with E-state index in [-0.39, 0.29) is 11.9 Å². The zero-order chi connectivity index (χ0) is 13.6. The van der Waals surface area contributed by atoms with Crippen LogP contribution in [0, 0.1) is 0 Å². The molecule has 1 unspecified atom stereocenters. The van der Waals surface area contributed by atoms with Gasteiger partial charge in [0.1, 0.15) is 5.54 Å². The molecule has 1 atom stereocenters. The number of ether oxygens (including phenoxy) is 1. The number of carbonyl (C=O) groups is 1. The molecule has 4 nitrogen and oxygen atoms in total. The van der Waals surface area contributed by atoms with Gasteiger partial charge in [0.15, 0.2) is 0 Å². The zero-order valence-corrected chi connectivity index (χ0v) is 12.2. The lowest BCUT2D eigenvalue weighted by atomic mass is 9.87. The summed E-state index contributed by atoms with van der Waals surface area (Å²) >= 11 is 0. The molecule has 0 saturated carbocycles. The molecule has 0 radical (unpaired) electrons. The summed E-state index contributed by atoms with van der Waals surface area (Å²) in [5, 5.41) is 6.59. The molecule has 1 heterocycles. The lowest BCUT2D eigenvalue weighted by Gasteiger charge is -2.39. The fourth-order valence-electron chi connectivity index (χ4n) is 2.53. The van der Waals surface area contributed by atoms with Crippen LogP contribution >= 0.6 is 0 Å². The lowest BCUT2D eigenvalue weighted by molar-refractivity contribution is -0.132. The summed E-state index contributed by atoms with van der Waals surface area (Å²) in [6.45, 7) is 9.65. The van der Waals surface area contributed by atoms with Crippen LogP contribution in [0.4, 0.5) is 0 Å². The van der Waals surface area contributed by atoms with Gasteiger partial charge in [-0.2, -0.15) is 0 Å². The molecule has 1 aliphatic heterocycles. The van der Waals surface area contributed by atoms with Crippen molar-refractivity contribution in [2.75, 3.05) is 13.2 Å². The smallest absolute Gasteiger partial charge is 0.240 e. The predicted molar refractivity (Wildman–Crippen MR) is 73.6 cm³/mol. The molecule has 106 valence electrons. The highest BCUT2D eigenvalue weighted by Crippen LogP contribution is 2.22. The molecular formula is C14H28N2O2. The highest BCUT2D eigenvalue weighted by molar-refractivity contribution is 5.86. The van der Waals surface area contributed by atoms with Crippen LogP contribution in [-0.2, 0) is 9.53 Å². The summed E-state index contributed by atoms with van der Waals surface area (Å²) in [7, 11) is 0. The number of amides is 1. The Bertz CT molecular complexity index is 261. The first-order valence-corrected chi connectivity index (χ1v) is 7.16. The maximum atomic E-state index is 12.4. The van der Waals surface area contributed by atoms with Crippen LogP contribution in [0.25, 0.3) is 0 Å². The van der Waals surface area contributed by atoms with Gasteiger partial charge in [-0.3, -0.25) is 4.79 Å². The van der Waals surface area contributed by atoms with Crippen molar-refractivity contribution in [1.29, 1.82) is 0 Å². The van der Waals surface area contributed by atoms with E-state index >= 15 is 0 Å². The standard InChI is InChI=1S/C14H28N2O2/c1-5-6-12(4)16-14(7-9-18-10-8-14)13(17)15-11(2)3/h11-12,16H,5-10H2,1-4H3,(H,15,17). The summed E-state index contributed by atoms with van der Waals surface area (Å²) in [4.78, 5) is 12.4. The summed E-state index contributed by atoms with van der Waals surface area (Å²) in [6.07, 6.45) is 3.75. The molecule has 1 amide bonds. The molecule has 1 saturated heterocycles.